The number of hydrogen-bond donors (Lipinski definition) is 2. The molecule has 2 fully saturated rings. The lowest BCUT2D eigenvalue weighted by Gasteiger charge is -2.45. The Morgan fingerprint density at radius 2 is 1.85 bits per heavy atom. The number of benzene rings is 1. The molecular weight excluding hydrogens is 272 g/mol. The number of carbonyl (C=O) groups excluding carboxylic acids is 1. The normalized spacial score (nSPS) is 20.6. The van der Waals surface area contributed by atoms with Gasteiger partial charge in [-0.15, -0.1) is 0 Å². The quantitative estimate of drug-likeness (QED) is 0.872. The summed E-state index contributed by atoms with van der Waals surface area (Å²) in [6.07, 6.45) is 7.79. The molecule has 3 nitrogen and oxygen atoms in total. The summed E-state index contributed by atoms with van der Waals surface area (Å²) < 4.78 is 0. The third kappa shape index (κ3) is 3.09. The predicted octanol–water partition coefficient (Wildman–Crippen LogP) is 3.86. The summed E-state index contributed by atoms with van der Waals surface area (Å²) in [7, 11) is 0. The lowest BCUT2D eigenvalue weighted by atomic mass is 9.64. The summed E-state index contributed by atoms with van der Waals surface area (Å²) in [4.78, 5) is 11.8. The molecule has 0 aromatic heterocycles. The third-order valence-electron chi connectivity index (χ3n) is 4.72. The largest absolute Gasteiger partial charge is 0.335 e. The van der Waals surface area contributed by atoms with Gasteiger partial charge >= 0.3 is 6.03 Å². The summed E-state index contributed by atoms with van der Waals surface area (Å²) in [6.45, 7) is 0.543. The molecule has 2 aliphatic rings. The number of urea groups is 1. The van der Waals surface area contributed by atoms with Gasteiger partial charge in [0.15, 0.2) is 0 Å². The van der Waals surface area contributed by atoms with E-state index >= 15 is 0 Å². The summed E-state index contributed by atoms with van der Waals surface area (Å²) in [5.41, 5.74) is 1.64. The van der Waals surface area contributed by atoms with E-state index in [1.165, 1.54) is 38.5 Å². The average molecular weight is 293 g/mol. The van der Waals surface area contributed by atoms with Crippen LogP contribution in [0.5, 0.6) is 0 Å². The lowest BCUT2D eigenvalue weighted by Crippen LogP contribution is -2.52. The molecule has 4 heteroatoms. The van der Waals surface area contributed by atoms with Crippen LogP contribution in [0.1, 0.15) is 44.1 Å². The zero-order chi connectivity index (χ0) is 14.0. The van der Waals surface area contributed by atoms with E-state index in [0.29, 0.717) is 18.0 Å². The van der Waals surface area contributed by atoms with Crippen LogP contribution in [0.2, 0.25) is 5.02 Å². The molecule has 0 aliphatic heterocycles. The fourth-order valence-electron chi connectivity index (χ4n) is 3.64. The van der Waals surface area contributed by atoms with Crippen LogP contribution in [0.4, 0.5) is 4.79 Å². The van der Waals surface area contributed by atoms with Gasteiger partial charge in [0.2, 0.25) is 0 Å². The second kappa shape index (κ2) is 5.65. The predicted molar refractivity (Wildman–Crippen MR) is 80.7 cm³/mol. The van der Waals surface area contributed by atoms with Crippen molar-refractivity contribution in [1.29, 1.82) is 0 Å². The third-order valence-corrected chi connectivity index (χ3v) is 4.98. The van der Waals surface area contributed by atoms with Crippen molar-refractivity contribution in [3.8, 4) is 0 Å². The van der Waals surface area contributed by atoms with E-state index in [9.17, 15) is 4.79 Å². The molecule has 1 aromatic carbocycles. The first-order chi connectivity index (χ1) is 9.65. The highest BCUT2D eigenvalue weighted by Gasteiger charge is 2.45. The zero-order valence-corrected chi connectivity index (χ0v) is 12.4. The van der Waals surface area contributed by atoms with Gasteiger partial charge in [-0.2, -0.15) is 0 Å². The first kappa shape index (κ1) is 13.7. The van der Waals surface area contributed by atoms with Crippen LogP contribution in [0.25, 0.3) is 0 Å². The molecule has 2 amide bonds. The van der Waals surface area contributed by atoms with Crippen molar-refractivity contribution in [3.63, 3.8) is 0 Å². The highest BCUT2D eigenvalue weighted by molar-refractivity contribution is 6.30. The highest BCUT2D eigenvalue weighted by Crippen LogP contribution is 2.53. The van der Waals surface area contributed by atoms with Gasteiger partial charge in [-0.1, -0.05) is 36.6 Å². The van der Waals surface area contributed by atoms with Crippen molar-refractivity contribution in [2.75, 3.05) is 0 Å². The maximum absolute atomic E-state index is 11.8. The molecular formula is C16H21ClN2O. The molecule has 0 atom stereocenters. The molecule has 1 spiro atoms. The van der Waals surface area contributed by atoms with Crippen LogP contribution in [0.15, 0.2) is 24.3 Å². The highest BCUT2D eigenvalue weighted by atomic mass is 35.5. The molecule has 3 rings (SSSR count). The minimum atomic E-state index is -0.0576. The van der Waals surface area contributed by atoms with E-state index in [1.807, 2.05) is 24.3 Å². The second-order valence-electron chi connectivity index (χ2n) is 6.27. The first-order valence-corrected chi connectivity index (χ1v) is 7.82. The van der Waals surface area contributed by atoms with E-state index < -0.39 is 0 Å². The summed E-state index contributed by atoms with van der Waals surface area (Å²) >= 11 is 5.83. The molecule has 2 aliphatic carbocycles. The Labute approximate surface area is 125 Å². The molecule has 1 aromatic rings. The molecule has 0 radical (unpaired) electrons. The van der Waals surface area contributed by atoms with Crippen LogP contribution in [-0.2, 0) is 6.54 Å². The Balaban J connectivity index is 1.39. The van der Waals surface area contributed by atoms with E-state index in [1.54, 1.807) is 0 Å². The van der Waals surface area contributed by atoms with Crippen LogP contribution < -0.4 is 10.6 Å². The van der Waals surface area contributed by atoms with Gasteiger partial charge in [0.05, 0.1) is 0 Å². The Morgan fingerprint density at radius 3 is 2.50 bits per heavy atom. The minimum Gasteiger partial charge on any atom is -0.335 e. The van der Waals surface area contributed by atoms with Crippen LogP contribution in [0.3, 0.4) is 0 Å². The number of carbonyl (C=O) groups is 1. The summed E-state index contributed by atoms with van der Waals surface area (Å²) in [5, 5.41) is 6.69. The maximum Gasteiger partial charge on any atom is 0.315 e. The number of hydrogen-bond acceptors (Lipinski definition) is 1. The number of halogens is 1. The van der Waals surface area contributed by atoms with Gasteiger partial charge in [-0.25, -0.2) is 4.79 Å². The molecule has 2 saturated carbocycles. The minimum absolute atomic E-state index is 0.0576. The SMILES string of the molecule is O=C(NCc1ccc(Cl)cc1)NC1CC2(CCCC2)C1. The van der Waals surface area contributed by atoms with Crippen molar-refractivity contribution in [2.24, 2.45) is 5.41 Å². The van der Waals surface area contributed by atoms with E-state index in [4.69, 9.17) is 11.6 Å². The smallest absolute Gasteiger partial charge is 0.315 e. The van der Waals surface area contributed by atoms with Crippen molar-refractivity contribution in [2.45, 2.75) is 51.1 Å². The van der Waals surface area contributed by atoms with Gasteiger partial charge in [-0.05, 0) is 48.8 Å². The molecule has 0 unspecified atom stereocenters. The van der Waals surface area contributed by atoms with Gasteiger partial charge in [-0.3, -0.25) is 0 Å². The first-order valence-electron chi connectivity index (χ1n) is 7.44. The van der Waals surface area contributed by atoms with Crippen molar-refractivity contribution in [3.05, 3.63) is 34.9 Å². The van der Waals surface area contributed by atoms with Gasteiger partial charge in [0.25, 0.3) is 0 Å². The topological polar surface area (TPSA) is 41.1 Å². The fourth-order valence-corrected chi connectivity index (χ4v) is 3.77. The number of rotatable bonds is 3. The second-order valence-corrected chi connectivity index (χ2v) is 6.70. The van der Waals surface area contributed by atoms with Crippen molar-refractivity contribution >= 4 is 17.6 Å². The Kier molecular flexibility index (Phi) is 3.88. The number of amides is 2. The average Bonchev–Trinajstić information content (AvgIpc) is 2.87. The van der Waals surface area contributed by atoms with E-state index in [-0.39, 0.29) is 6.03 Å². The monoisotopic (exact) mass is 292 g/mol. The van der Waals surface area contributed by atoms with Gasteiger partial charge < -0.3 is 10.6 Å². The Hall–Kier alpha value is -1.22. The van der Waals surface area contributed by atoms with Gasteiger partial charge in [0.1, 0.15) is 0 Å². The molecule has 0 saturated heterocycles. The Bertz CT molecular complexity index is 472. The Morgan fingerprint density at radius 1 is 1.20 bits per heavy atom. The van der Waals surface area contributed by atoms with Crippen LogP contribution >= 0.6 is 11.6 Å². The maximum atomic E-state index is 11.8. The summed E-state index contributed by atoms with van der Waals surface area (Å²) in [5.74, 6) is 0. The summed E-state index contributed by atoms with van der Waals surface area (Å²) in [6, 6.07) is 7.86. The van der Waals surface area contributed by atoms with Crippen LogP contribution in [0, 0.1) is 5.41 Å². The number of nitrogens with one attached hydrogen (secondary N) is 2. The lowest BCUT2D eigenvalue weighted by molar-refractivity contribution is 0.0947. The molecule has 0 heterocycles. The zero-order valence-electron chi connectivity index (χ0n) is 11.6. The van der Waals surface area contributed by atoms with Crippen molar-refractivity contribution < 1.29 is 4.79 Å². The molecule has 20 heavy (non-hydrogen) atoms. The van der Waals surface area contributed by atoms with E-state index in [0.717, 1.165) is 10.6 Å². The molecule has 108 valence electrons. The van der Waals surface area contributed by atoms with Gasteiger partial charge in [0, 0.05) is 17.6 Å². The molecule has 2 N–H and O–H groups in total. The molecule has 0 bridgehead atoms. The standard InChI is InChI=1S/C16H21ClN2O/c17-13-5-3-12(4-6-13)11-18-15(20)19-14-9-16(10-14)7-1-2-8-16/h3-6,14H,1-2,7-11H2,(H2,18,19,20). The fraction of sp³-hybridized carbons (Fsp3) is 0.562. The van der Waals surface area contributed by atoms with Crippen LogP contribution in [-0.4, -0.2) is 12.1 Å². The van der Waals surface area contributed by atoms with Crippen molar-refractivity contribution in [1.82, 2.24) is 10.6 Å². The van der Waals surface area contributed by atoms with E-state index in [2.05, 4.69) is 10.6 Å².